The van der Waals surface area contributed by atoms with Crippen LogP contribution in [0.4, 0.5) is 0 Å². The highest BCUT2D eigenvalue weighted by Gasteiger charge is 2.09. The number of nitrogens with one attached hydrogen (secondary N) is 2. The molecular formula is C17H25ClIN5. The van der Waals surface area contributed by atoms with Crippen molar-refractivity contribution < 1.29 is 0 Å². The molecule has 2 rings (SSSR count). The van der Waals surface area contributed by atoms with Crippen molar-refractivity contribution >= 4 is 41.5 Å². The zero-order valence-electron chi connectivity index (χ0n) is 14.6. The maximum absolute atomic E-state index is 6.00. The van der Waals surface area contributed by atoms with Gasteiger partial charge in [0.25, 0.3) is 0 Å². The minimum absolute atomic E-state index is 0. The molecule has 1 aromatic heterocycles. The summed E-state index contributed by atoms with van der Waals surface area (Å²) >= 11 is 6.00. The number of hydrogen-bond donors (Lipinski definition) is 2. The number of halogens is 2. The maximum atomic E-state index is 6.00. The van der Waals surface area contributed by atoms with Gasteiger partial charge in [0.05, 0.1) is 5.69 Å². The molecule has 7 heteroatoms. The van der Waals surface area contributed by atoms with Crippen molar-refractivity contribution in [3.63, 3.8) is 0 Å². The molecule has 0 spiro atoms. The molecule has 132 valence electrons. The van der Waals surface area contributed by atoms with E-state index in [0.29, 0.717) is 6.54 Å². The SMILES string of the molecule is CN=C(NCCc1cccc(Cl)c1)NCc1c(C)nn(C)c1C.I. The summed E-state index contributed by atoms with van der Waals surface area (Å²) in [6, 6.07) is 7.92. The van der Waals surface area contributed by atoms with Crippen LogP contribution in [0.1, 0.15) is 22.5 Å². The number of hydrogen-bond acceptors (Lipinski definition) is 2. The van der Waals surface area contributed by atoms with E-state index in [0.717, 1.165) is 29.6 Å². The number of benzene rings is 1. The number of aromatic nitrogens is 2. The standard InChI is InChI=1S/C17H24ClN5.HI/c1-12-16(13(2)23(4)22-12)11-21-17(19-3)20-9-8-14-6-5-7-15(18)10-14;/h5-7,10H,8-9,11H2,1-4H3,(H2,19,20,21);1H. The zero-order chi connectivity index (χ0) is 16.8. The lowest BCUT2D eigenvalue weighted by molar-refractivity contribution is 0.728. The third-order valence-corrected chi connectivity index (χ3v) is 4.15. The molecule has 2 aromatic rings. The Morgan fingerprint density at radius 1 is 1.29 bits per heavy atom. The van der Waals surface area contributed by atoms with Crippen molar-refractivity contribution in [3.8, 4) is 0 Å². The Hall–Kier alpha value is -1.28. The third kappa shape index (κ3) is 5.66. The Balaban J connectivity index is 0.00000288. The molecule has 2 N–H and O–H groups in total. The first-order valence-electron chi connectivity index (χ1n) is 7.69. The monoisotopic (exact) mass is 461 g/mol. The smallest absolute Gasteiger partial charge is 0.191 e. The first-order valence-corrected chi connectivity index (χ1v) is 8.07. The van der Waals surface area contributed by atoms with Gasteiger partial charge in [-0.3, -0.25) is 9.67 Å². The highest BCUT2D eigenvalue weighted by Crippen LogP contribution is 2.11. The van der Waals surface area contributed by atoms with Crippen molar-refractivity contribution in [1.29, 1.82) is 0 Å². The number of guanidine groups is 1. The largest absolute Gasteiger partial charge is 0.356 e. The van der Waals surface area contributed by atoms with Gasteiger partial charge in [-0.1, -0.05) is 23.7 Å². The average Bonchev–Trinajstić information content (AvgIpc) is 2.76. The van der Waals surface area contributed by atoms with E-state index >= 15 is 0 Å². The van der Waals surface area contributed by atoms with E-state index < -0.39 is 0 Å². The Morgan fingerprint density at radius 2 is 2.04 bits per heavy atom. The zero-order valence-corrected chi connectivity index (χ0v) is 17.6. The lowest BCUT2D eigenvalue weighted by atomic mass is 10.1. The van der Waals surface area contributed by atoms with E-state index in [4.69, 9.17) is 11.6 Å². The summed E-state index contributed by atoms with van der Waals surface area (Å²) in [6.07, 6.45) is 0.895. The van der Waals surface area contributed by atoms with Crippen LogP contribution in [0.3, 0.4) is 0 Å². The molecule has 0 unspecified atom stereocenters. The molecule has 1 heterocycles. The van der Waals surface area contributed by atoms with Crippen LogP contribution >= 0.6 is 35.6 Å². The van der Waals surface area contributed by atoms with Gasteiger partial charge < -0.3 is 10.6 Å². The predicted molar refractivity (Wildman–Crippen MR) is 111 cm³/mol. The number of aryl methyl sites for hydroxylation is 2. The van der Waals surface area contributed by atoms with Gasteiger partial charge in [0, 0.05) is 43.5 Å². The van der Waals surface area contributed by atoms with Gasteiger partial charge in [-0.05, 0) is 38.0 Å². The lowest BCUT2D eigenvalue weighted by Gasteiger charge is -2.12. The second kappa shape index (κ2) is 9.88. The minimum atomic E-state index is 0. The normalized spacial score (nSPS) is 11.1. The molecule has 0 bridgehead atoms. The van der Waals surface area contributed by atoms with E-state index in [-0.39, 0.29) is 24.0 Å². The van der Waals surface area contributed by atoms with E-state index in [2.05, 4.69) is 33.7 Å². The summed E-state index contributed by atoms with van der Waals surface area (Å²) in [4.78, 5) is 4.26. The van der Waals surface area contributed by atoms with Gasteiger partial charge >= 0.3 is 0 Å². The van der Waals surface area contributed by atoms with Crippen LogP contribution in [-0.2, 0) is 20.0 Å². The van der Waals surface area contributed by atoms with E-state index in [1.165, 1.54) is 16.8 Å². The summed E-state index contributed by atoms with van der Waals surface area (Å²) in [5, 5.41) is 11.9. The molecule has 0 amide bonds. The molecule has 0 aliphatic rings. The molecule has 1 aromatic carbocycles. The Labute approximate surface area is 165 Å². The first kappa shape index (κ1) is 20.8. The summed E-state index contributed by atoms with van der Waals surface area (Å²) < 4.78 is 1.90. The molecular weight excluding hydrogens is 437 g/mol. The summed E-state index contributed by atoms with van der Waals surface area (Å²) in [5.41, 5.74) is 4.64. The van der Waals surface area contributed by atoms with Crippen LogP contribution in [0, 0.1) is 13.8 Å². The predicted octanol–water partition coefficient (Wildman–Crippen LogP) is 3.22. The molecule has 0 aliphatic carbocycles. The summed E-state index contributed by atoms with van der Waals surface area (Å²) in [7, 11) is 3.74. The van der Waals surface area contributed by atoms with Crippen molar-refractivity contribution in [2.45, 2.75) is 26.8 Å². The van der Waals surface area contributed by atoms with Gasteiger partial charge in [0.1, 0.15) is 0 Å². The van der Waals surface area contributed by atoms with E-state index in [9.17, 15) is 0 Å². The average molecular weight is 462 g/mol. The number of nitrogens with zero attached hydrogens (tertiary/aromatic N) is 3. The van der Waals surface area contributed by atoms with Crippen molar-refractivity contribution in [3.05, 3.63) is 51.8 Å². The molecule has 0 aliphatic heterocycles. The fraction of sp³-hybridized carbons (Fsp3) is 0.412. The van der Waals surface area contributed by atoms with Crippen LogP contribution in [0.25, 0.3) is 0 Å². The summed E-state index contributed by atoms with van der Waals surface area (Å²) in [5.74, 6) is 0.787. The second-order valence-corrected chi connectivity index (χ2v) is 5.94. The van der Waals surface area contributed by atoms with Crippen molar-refractivity contribution in [2.75, 3.05) is 13.6 Å². The fourth-order valence-electron chi connectivity index (χ4n) is 2.48. The van der Waals surface area contributed by atoms with Gasteiger partial charge in [-0.2, -0.15) is 5.10 Å². The van der Waals surface area contributed by atoms with Gasteiger partial charge in [-0.25, -0.2) is 0 Å². The number of rotatable bonds is 5. The van der Waals surface area contributed by atoms with Crippen LogP contribution in [0.15, 0.2) is 29.3 Å². The van der Waals surface area contributed by atoms with E-state index in [1.807, 2.05) is 36.9 Å². The second-order valence-electron chi connectivity index (χ2n) is 5.51. The molecule has 0 saturated carbocycles. The molecule has 0 radical (unpaired) electrons. The minimum Gasteiger partial charge on any atom is -0.356 e. The molecule has 0 saturated heterocycles. The topological polar surface area (TPSA) is 54.2 Å². The Bertz CT molecular complexity index is 696. The van der Waals surface area contributed by atoms with Gasteiger partial charge in [0.15, 0.2) is 5.96 Å². The molecule has 24 heavy (non-hydrogen) atoms. The highest BCUT2D eigenvalue weighted by atomic mass is 127. The first-order chi connectivity index (χ1) is 11.0. The van der Waals surface area contributed by atoms with Crippen LogP contribution in [0.2, 0.25) is 5.02 Å². The number of aliphatic imine (C=N–C) groups is 1. The summed E-state index contributed by atoms with van der Waals surface area (Å²) in [6.45, 7) is 5.61. The quantitative estimate of drug-likeness (QED) is 0.408. The van der Waals surface area contributed by atoms with E-state index in [1.54, 1.807) is 7.05 Å². The Kier molecular flexibility index (Phi) is 8.55. The van der Waals surface area contributed by atoms with Crippen LogP contribution in [-0.4, -0.2) is 29.3 Å². The van der Waals surface area contributed by atoms with Gasteiger partial charge in [-0.15, -0.1) is 24.0 Å². The van der Waals surface area contributed by atoms with Gasteiger partial charge in [0.2, 0.25) is 0 Å². The maximum Gasteiger partial charge on any atom is 0.191 e. The molecule has 5 nitrogen and oxygen atoms in total. The lowest BCUT2D eigenvalue weighted by Crippen LogP contribution is -2.38. The third-order valence-electron chi connectivity index (χ3n) is 3.91. The van der Waals surface area contributed by atoms with Crippen LogP contribution in [0.5, 0.6) is 0 Å². The van der Waals surface area contributed by atoms with Crippen LogP contribution < -0.4 is 10.6 Å². The fourth-order valence-corrected chi connectivity index (χ4v) is 2.70. The van der Waals surface area contributed by atoms with Crippen molar-refractivity contribution in [2.24, 2.45) is 12.0 Å². The molecule has 0 atom stereocenters. The Morgan fingerprint density at radius 3 is 2.62 bits per heavy atom. The van der Waals surface area contributed by atoms with Crippen molar-refractivity contribution in [1.82, 2.24) is 20.4 Å². The molecule has 0 fully saturated rings. The highest BCUT2D eigenvalue weighted by molar-refractivity contribution is 14.0.